The first kappa shape index (κ1) is 36.0. The summed E-state index contributed by atoms with van der Waals surface area (Å²) in [4.78, 5) is 2.41. The topological polar surface area (TPSA) is 21.3 Å². The predicted octanol–water partition coefficient (Wildman–Crippen LogP) is 17.1. The van der Waals surface area contributed by atoms with Gasteiger partial charge in [-0.3, -0.25) is 0 Å². The van der Waals surface area contributed by atoms with E-state index in [2.05, 4.69) is 222 Å². The van der Waals surface area contributed by atoms with Gasteiger partial charge in [0, 0.05) is 76.1 Å². The van der Waals surface area contributed by atoms with Crippen LogP contribution in [0, 0.1) is 0 Å². The van der Waals surface area contributed by atoms with E-state index in [0.29, 0.717) is 0 Å². The van der Waals surface area contributed by atoms with Crippen LogP contribution in [-0.2, 0) is 0 Å². The molecule has 0 saturated carbocycles. The average molecular weight is 811 g/mol. The number of hydrogen-bond acceptors (Lipinski definition) is 3. The highest BCUT2D eigenvalue weighted by atomic mass is 32.1. The van der Waals surface area contributed by atoms with Gasteiger partial charge in [0.25, 0.3) is 0 Å². The number of hydrogen-bond donors (Lipinski definition) is 0. The van der Waals surface area contributed by atoms with Crippen molar-refractivity contribution in [3.05, 3.63) is 225 Å². The molecule has 12 rings (SSSR count). The Morgan fingerprint density at radius 3 is 2.18 bits per heavy atom. The number of allylic oxidation sites excluding steroid dienone is 2. The quantitative estimate of drug-likeness (QED) is 0.143. The Morgan fingerprint density at radius 1 is 0.548 bits per heavy atom. The number of fused-ring (bicyclic) bond motifs is 9. The van der Waals surface area contributed by atoms with E-state index in [1.54, 1.807) is 0 Å². The second-order valence-electron chi connectivity index (χ2n) is 15.7. The molecule has 0 bridgehead atoms. The summed E-state index contributed by atoms with van der Waals surface area (Å²) in [6.07, 6.45) is 8.17. The zero-order valence-electron chi connectivity index (χ0n) is 33.7. The Labute approximate surface area is 363 Å². The van der Waals surface area contributed by atoms with Crippen molar-refractivity contribution in [3.8, 4) is 27.9 Å². The first-order chi connectivity index (χ1) is 30.7. The van der Waals surface area contributed by atoms with Crippen LogP contribution in [0.4, 0.5) is 17.1 Å². The molecule has 12 aromatic rings. The Kier molecular flexibility index (Phi) is 8.51. The van der Waals surface area contributed by atoms with Crippen molar-refractivity contribution in [3.63, 3.8) is 0 Å². The molecule has 0 aliphatic rings. The summed E-state index contributed by atoms with van der Waals surface area (Å²) in [7, 11) is 0. The van der Waals surface area contributed by atoms with Gasteiger partial charge in [-0.25, -0.2) is 0 Å². The van der Waals surface area contributed by atoms with Gasteiger partial charge in [0.05, 0.1) is 11.2 Å². The molecule has 292 valence electrons. The minimum Gasteiger partial charge on any atom is -0.455 e. The van der Waals surface area contributed by atoms with Crippen molar-refractivity contribution < 1.29 is 4.42 Å². The minimum atomic E-state index is 0.873. The van der Waals surface area contributed by atoms with Crippen molar-refractivity contribution in [2.45, 2.75) is 0 Å². The molecule has 9 aromatic carbocycles. The first-order valence-electron chi connectivity index (χ1n) is 20.9. The normalized spacial score (nSPS) is 11.9. The van der Waals surface area contributed by atoms with E-state index in [1.807, 2.05) is 23.5 Å². The fraction of sp³-hybridized carbons (Fsp3) is 0. The number of benzene rings is 9. The van der Waals surface area contributed by atoms with E-state index < -0.39 is 0 Å². The molecule has 0 radical (unpaired) electrons. The van der Waals surface area contributed by atoms with Gasteiger partial charge in [0.2, 0.25) is 0 Å². The van der Waals surface area contributed by atoms with Crippen molar-refractivity contribution in [2.24, 2.45) is 0 Å². The molecule has 0 aliphatic heterocycles. The molecular weight excluding hydrogens is 773 g/mol. The zero-order valence-corrected chi connectivity index (χ0v) is 34.5. The highest BCUT2D eigenvalue weighted by Gasteiger charge is 2.22. The van der Waals surface area contributed by atoms with Crippen LogP contribution in [0.1, 0.15) is 5.56 Å². The molecule has 0 N–H and O–H groups in total. The lowest BCUT2D eigenvalue weighted by Crippen LogP contribution is -2.11. The molecule has 0 atom stereocenters. The smallest absolute Gasteiger partial charge is 0.143 e. The second kappa shape index (κ2) is 14.7. The lowest BCUT2D eigenvalue weighted by atomic mass is 9.96. The van der Waals surface area contributed by atoms with Crippen LogP contribution in [0.5, 0.6) is 0 Å². The van der Waals surface area contributed by atoms with Crippen LogP contribution >= 0.6 is 11.3 Å². The van der Waals surface area contributed by atoms with E-state index in [4.69, 9.17) is 4.42 Å². The summed E-state index contributed by atoms with van der Waals surface area (Å²) < 4.78 is 11.6. The Hall–Kier alpha value is -7.92. The molecule has 3 aromatic heterocycles. The summed E-state index contributed by atoms with van der Waals surface area (Å²) >= 11 is 1.87. The summed E-state index contributed by atoms with van der Waals surface area (Å²) in [5, 5.41) is 8.30. The molecule has 0 aliphatic carbocycles. The number of furan rings is 1. The molecule has 0 unspecified atom stereocenters. The van der Waals surface area contributed by atoms with Crippen LogP contribution in [-0.4, -0.2) is 4.57 Å². The maximum Gasteiger partial charge on any atom is 0.143 e. The standard InChI is InChI=1S/C58H38N2OS/c1-2-3-15-40-37-59(52-26-9-6-19-44(40)52)42-17-12-18-43(36-42)60(41-33-30-39(31-34-41)46-23-13-25-50-48-22-8-11-29-55(48)62-58(46)50)53-27-10-7-21-47(53)49-24-14-28-54-56(49)51-35-32-38-16-4-5-20-45(38)57(51)61-54/h2-37H,1H2/b15-3-. The fourth-order valence-corrected chi connectivity index (χ4v) is 10.6. The number of aromatic nitrogens is 1. The number of nitrogens with zero attached hydrogens (tertiary/aromatic N) is 2. The van der Waals surface area contributed by atoms with Gasteiger partial charge >= 0.3 is 0 Å². The van der Waals surface area contributed by atoms with Crippen LogP contribution in [0.3, 0.4) is 0 Å². The van der Waals surface area contributed by atoms with Crippen LogP contribution in [0.2, 0.25) is 0 Å². The van der Waals surface area contributed by atoms with Gasteiger partial charge < -0.3 is 13.9 Å². The van der Waals surface area contributed by atoms with Crippen molar-refractivity contribution in [1.82, 2.24) is 4.57 Å². The summed E-state index contributed by atoms with van der Waals surface area (Å²) in [6, 6.07) is 70.1. The molecule has 62 heavy (non-hydrogen) atoms. The van der Waals surface area contributed by atoms with Crippen molar-refractivity contribution in [1.29, 1.82) is 0 Å². The third-order valence-electron chi connectivity index (χ3n) is 12.2. The molecule has 0 amide bonds. The van der Waals surface area contributed by atoms with Gasteiger partial charge in [-0.05, 0) is 82.7 Å². The molecule has 0 saturated heterocycles. The largest absolute Gasteiger partial charge is 0.455 e. The van der Waals surface area contributed by atoms with Crippen molar-refractivity contribution in [2.75, 3.05) is 4.90 Å². The van der Waals surface area contributed by atoms with Gasteiger partial charge in [-0.2, -0.15) is 0 Å². The van der Waals surface area contributed by atoms with E-state index in [9.17, 15) is 0 Å². The summed E-state index contributed by atoms with van der Waals surface area (Å²) in [5.41, 5.74) is 13.0. The molecule has 3 heterocycles. The third-order valence-corrected chi connectivity index (χ3v) is 13.4. The highest BCUT2D eigenvalue weighted by molar-refractivity contribution is 7.26. The monoisotopic (exact) mass is 810 g/mol. The summed E-state index contributed by atoms with van der Waals surface area (Å²) in [5.74, 6) is 0. The second-order valence-corrected chi connectivity index (χ2v) is 16.8. The van der Waals surface area contributed by atoms with Crippen LogP contribution in [0.25, 0.3) is 97.8 Å². The number of thiophene rings is 1. The SMILES string of the molecule is C=C/C=C\c1cn(-c2cccc(N(c3ccc(-c4cccc5c4sc4ccccc45)cc3)c3ccccc3-c3cccc4oc5c6ccccc6ccc5c34)c2)c2ccccc12. The maximum absolute atomic E-state index is 6.70. The van der Waals surface area contributed by atoms with Crippen molar-refractivity contribution >= 4 is 98.3 Å². The first-order valence-corrected chi connectivity index (χ1v) is 21.8. The lowest BCUT2D eigenvalue weighted by molar-refractivity contribution is 0.673. The van der Waals surface area contributed by atoms with Crippen LogP contribution in [0.15, 0.2) is 223 Å². The van der Waals surface area contributed by atoms with Gasteiger partial charge in [0.1, 0.15) is 11.2 Å². The summed E-state index contributed by atoms with van der Waals surface area (Å²) in [6.45, 7) is 3.92. The molecule has 3 nitrogen and oxygen atoms in total. The molecule has 0 spiro atoms. The van der Waals surface area contributed by atoms with Gasteiger partial charge in [0.15, 0.2) is 0 Å². The maximum atomic E-state index is 6.70. The van der Waals surface area contributed by atoms with E-state index in [0.717, 1.165) is 72.3 Å². The Balaban J connectivity index is 1.06. The van der Waals surface area contributed by atoms with Crippen LogP contribution < -0.4 is 4.90 Å². The zero-order chi connectivity index (χ0) is 41.1. The predicted molar refractivity (Wildman–Crippen MR) is 266 cm³/mol. The van der Waals surface area contributed by atoms with E-state index >= 15 is 0 Å². The molecule has 0 fully saturated rings. The van der Waals surface area contributed by atoms with Gasteiger partial charge in [-0.1, -0.05) is 158 Å². The fourth-order valence-electron chi connectivity index (χ4n) is 9.37. The third kappa shape index (κ3) is 5.80. The Bertz CT molecular complexity index is 3730. The number of anilines is 3. The molecular formula is C58H38N2OS. The molecule has 4 heteroatoms. The Morgan fingerprint density at radius 2 is 1.27 bits per heavy atom. The van der Waals surface area contributed by atoms with Gasteiger partial charge in [-0.15, -0.1) is 11.3 Å². The lowest BCUT2D eigenvalue weighted by Gasteiger charge is -2.28. The average Bonchev–Trinajstić information content (AvgIpc) is 4.03. The number of rotatable bonds is 8. The minimum absolute atomic E-state index is 0.873. The number of para-hydroxylation sites is 2. The van der Waals surface area contributed by atoms with E-state index in [1.165, 1.54) is 42.1 Å². The van der Waals surface area contributed by atoms with E-state index in [-0.39, 0.29) is 0 Å². The highest BCUT2D eigenvalue weighted by Crippen LogP contribution is 2.47.